The van der Waals surface area contributed by atoms with Gasteiger partial charge in [-0.2, -0.15) is 0 Å². The predicted molar refractivity (Wildman–Crippen MR) is 107 cm³/mol. The van der Waals surface area contributed by atoms with Crippen molar-refractivity contribution >= 4 is 0 Å². The summed E-state index contributed by atoms with van der Waals surface area (Å²) >= 11 is 0. The smallest absolute Gasteiger partial charge is 0.227 e. The lowest BCUT2D eigenvalue weighted by Crippen LogP contribution is -1.93. The Morgan fingerprint density at radius 2 is 1.41 bits per heavy atom. The van der Waals surface area contributed by atoms with Gasteiger partial charge in [0, 0.05) is 24.0 Å². The van der Waals surface area contributed by atoms with Gasteiger partial charge >= 0.3 is 0 Å². The molecule has 0 N–H and O–H groups in total. The van der Waals surface area contributed by atoms with Gasteiger partial charge in [-0.05, 0) is 72.3 Å². The molecule has 0 atom stereocenters. The third-order valence-electron chi connectivity index (χ3n) is 4.13. The number of rotatable bonds is 6. The molecule has 144 valence electrons. The topological polar surface area (TPSA) is 53.5 Å². The maximum absolute atomic E-state index is 13.1. The van der Waals surface area contributed by atoms with Crippen molar-refractivity contribution in [3.8, 4) is 40.1 Å². The SMILES string of the molecule is COc1ccc(Oc2cc(-c3cccnc3Oc3ccc(F)cc3)ccn2)cc1. The number of benzene rings is 2. The molecule has 0 fully saturated rings. The Labute approximate surface area is 167 Å². The van der Waals surface area contributed by atoms with E-state index >= 15 is 0 Å². The first-order chi connectivity index (χ1) is 14.2. The Hall–Kier alpha value is -3.93. The quantitative estimate of drug-likeness (QED) is 0.413. The number of hydrogen-bond donors (Lipinski definition) is 0. The maximum atomic E-state index is 13.1. The lowest BCUT2D eigenvalue weighted by molar-refractivity contribution is 0.412. The molecule has 2 aromatic heterocycles. The van der Waals surface area contributed by atoms with E-state index in [4.69, 9.17) is 14.2 Å². The van der Waals surface area contributed by atoms with Crippen molar-refractivity contribution < 1.29 is 18.6 Å². The van der Waals surface area contributed by atoms with Gasteiger partial charge in [0.25, 0.3) is 0 Å². The Morgan fingerprint density at radius 1 is 0.724 bits per heavy atom. The van der Waals surface area contributed by atoms with Crippen molar-refractivity contribution in [2.75, 3.05) is 7.11 Å². The minimum absolute atomic E-state index is 0.326. The van der Waals surface area contributed by atoms with E-state index < -0.39 is 0 Å². The predicted octanol–water partition coefficient (Wildman–Crippen LogP) is 5.88. The fourth-order valence-electron chi connectivity index (χ4n) is 2.70. The van der Waals surface area contributed by atoms with Gasteiger partial charge in [0.05, 0.1) is 7.11 Å². The van der Waals surface area contributed by atoms with Crippen molar-refractivity contribution in [2.24, 2.45) is 0 Å². The first-order valence-corrected chi connectivity index (χ1v) is 8.88. The normalized spacial score (nSPS) is 10.4. The molecule has 0 radical (unpaired) electrons. The van der Waals surface area contributed by atoms with Crippen molar-refractivity contribution in [1.82, 2.24) is 9.97 Å². The number of hydrogen-bond acceptors (Lipinski definition) is 5. The second-order valence-corrected chi connectivity index (χ2v) is 6.07. The van der Waals surface area contributed by atoms with Crippen LogP contribution in [-0.2, 0) is 0 Å². The number of aromatic nitrogens is 2. The lowest BCUT2D eigenvalue weighted by Gasteiger charge is -2.11. The molecule has 0 amide bonds. The summed E-state index contributed by atoms with van der Waals surface area (Å²) in [5.41, 5.74) is 1.59. The molecule has 0 spiro atoms. The van der Waals surface area contributed by atoms with Crippen LogP contribution in [0.5, 0.6) is 29.0 Å². The zero-order valence-corrected chi connectivity index (χ0v) is 15.6. The van der Waals surface area contributed by atoms with E-state index in [0.29, 0.717) is 23.3 Å². The van der Waals surface area contributed by atoms with Crippen LogP contribution in [0.2, 0.25) is 0 Å². The molecular weight excluding hydrogens is 371 g/mol. The highest BCUT2D eigenvalue weighted by molar-refractivity contribution is 5.69. The summed E-state index contributed by atoms with van der Waals surface area (Å²) in [5, 5.41) is 0. The highest BCUT2D eigenvalue weighted by Gasteiger charge is 2.11. The van der Waals surface area contributed by atoms with Crippen molar-refractivity contribution in [2.45, 2.75) is 0 Å². The highest BCUT2D eigenvalue weighted by Crippen LogP contribution is 2.33. The number of pyridine rings is 2. The molecule has 0 aliphatic heterocycles. The van der Waals surface area contributed by atoms with Crippen molar-refractivity contribution in [3.63, 3.8) is 0 Å². The first-order valence-electron chi connectivity index (χ1n) is 8.88. The van der Waals surface area contributed by atoms with Gasteiger partial charge < -0.3 is 14.2 Å². The zero-order chi connectivity index (χ0) is 20.1. The summed E-state index contributed by atoms with van der Waals surface area (Å²) in [4.78, 5) is 8.58. The molecule has 2 heterocycles. The molecule has 0 aliphatic rings. The molecule has 2 aromatic carbocycles. The average Bonchev–Trinajstić information content (AvgIpc) is 2.76. The molecule has 4 rings (SSSR count). The van der Waals surface area contributed by atoms with Crippen LogP contribution in [0.1, 0.15) is 0 Å². The van der Waals surface area contributed by atoms with Crippen LogP contribution >= 0.6 is 0 Å². The summed E-state index contributed by atoms with van der Waals surface area (Å²) < 4.78 is 30.0. The fraction of sp³-hybridized carbons (Fsp3) is 0.0435. The molecule has 0 saturated heterocycles. The van der Waals surface area contributed by atoms with Gasteiger partial charge in [-0.3, -0.25) is 0 Å². The van der Waals surface area contributed by atoms with E-state index in [1.54, 1.807) is 49.8 Å². The van der Waals surface area contributed by atoms with Gasteiger partial charge in [-0.15, -0.1) is 0 Å². The summed E-state index contributed by atoms with van der Waals surface area (Å²) in [5.74, 6) is 2.40. The average molecular weight is 388 g/mol. The van der Waals surface area contributed by atoms with E-state index in [-0.39, 0.29) is 5.82 Å². The standard InChI is InChI=1S/C23H17FN2O3/c1-27-18-8-10-19(11-9-18)28-22-15-16(12-14-25-22)21-3-2-13-26-23(21)29-20-6-4-17(24)5-7-20/h2-15H,1H3. The van der Waals surface area contributed by atoms with E-state index in [0.717, 1.165) is 16.9 Å². The molecule has 0 bridgehead atoms. The fourth-order valence-corrected chi connectivity index (χ4v) is 2.70. The van der Waals surface area contributed by atoms with E-state index in [9.17, 15) is 4.39 Å². The van der Waals surface area contributed by atoms with Crippen LogP contribution in [-0.4, -0.2) is 17.1 Å². The second-order valence-electron chi connectivity index (χ2n) is 6.07. The summed E-state index contributed by atoms with van der Waals surface area (Å²) in [6, 6.07) is 20.4. The molecule has 0 saturated carbocycles. The minimum atomic E-state index is -0.326. The lowest BCUT2D eigenvalue weighted by atomic mass is 10.1. The highest BCUT2D eigenvalue weighted by atomic mass is 19.1. The second kappa shape index (κ2) is 8.39. The zero-order valence-electron chi connectivity index (χ0n) is 15.6. The summed E-state index contributed by atoms with van der Waals surface area (Å²) in [6.07, 6.45) is 3.29. The van der Waals surface area contributed by atoms with E-state index in [2.05, 4.69) is 9.97 Å². The molecule has 0 aliphatic carbocycles. The van der Waals surface area contributed by atoms with Gasteiger partial charge in [-0.1, -0.05) is 0 Å². The minimum Gasteiger partial charge on any atom is -0.497 e. The Kier molecular flexibility index (Phi) is 5.33. The van der Waals surface area contributed by atoms with Crippen molar-refractivity contribution in [3.05, 3.63) is 91.0 Å². The maximum Gasteiger partial charge on any atom is 0.227 e. The molecule has 0 unspecified atom stereocenters. The molecule has 29 heavy (non-hydrogen) atoms. The summed E-state index contributed by atoms with van der Waals surface area (Å²) in [7, 11) is 1.61. The number of methoxy groups -OCH3 is 1. The third-order valence-corrected chi connectivity index (χ3v) is 4.13. The van der Waals surface area contributed by atoms with E-state index in [1.165, 1.54) is 12.1 Å². The van der Waals surface area contributed by atoms with E-state index in [1.807, 2.05) is 30.3 Å². The van der Waals surface area contributed by atoms with Gasteiger partial charge in [0.1, 0.15) is 23.1 Å². The van der Waals surface area contributed by atoms with Crippen LogP contribution < -0.4 is 14.2 Å². The largest absolute Gasteiger partial charge is 0.497 e. The molecular formula is C23H17FN2O3. The van der Waals surface area contributed by atoms with Gasteiger partial charge in [0.15, 0.2) is 0 Å². The van der Waals surface area contributed by atoms with Crippen LogP contribution in [0.15, 0.2) is 85.2 Å². The third kappa shape index (κ3) is 4.50. The monoisotopic (exact) mass is 388 g/mol. The number of halogens is 1. The van der Waals surface area contributed by atoms with Crippen LogP contribution in [0.3, 0.4) is 0 Å². The Morgan fingerprint density at radius 3 is 2.17 bits per heavy atom. The number of nitrogens with zero attached hydrogens (tertiary/aromatic N) is 2. The Balaban J connectivity index is 1.60. The van der Waals surface area contributed by atoms with Gasteiger partial charge in [0.2, 0.25) is 11.8 Å². The van der Waals surface area contributed by atoms with Crippen LogP contribution in [0, 0.1) is 5.82 Å². The van der Waals surface area contributed by atoms with Crippen LogP contribution in [0.25, 0.3) is 11.1 Å². The summed E-state index contributed by atoms with van der Waals surface area (Å²) in [6.45, 7) is 0. The number of ether oxygens (including phenoxy) is 3. The molecule has 5 nitrogen and oxygen atoms in total. The first kappa shape index (κ1) is 18.4. The van der Waals surface area contributed by atoms with Crippen LogP contribution in [0.4, 0.5) is 4.39 Å². The molecule has 6 heteroatoms. The van der Waals surface area contributed by atoms with Crippen molar-refractivity contribution in [1.29, 1.82) is 0 Å². The Bertz CT molecular complexity index is 1100. The molecule has 4 aromatic rings. The van der Waals surface area contributed by atoms with Gasteiger partial charge in [-0.25, -0.2) is 14.4 Å².